The lowest BCUT2D eigenvalue weighted by Crippen LogP contribution is -2.16. The minimum atomic E-state index is -0.191. The van der Waals surface area contributed by atoms with Gasteiger partial charge in [0.05, 0.1) is 0 Å². The van der Waals surface area contributed by atoms with Gasteiger partial charge in [0.2, 0.25) is 0 Å². The molecule has 0 bridgehead atoms. The predicted octanol–water partition coefficient (Wildman–Crippen LogP) is 4.96. The third kappa shape index (κ3) is 4.29. The van der Waals surface area contributed by atoms with Gasteiger partial charge in [0.1, 0.15) is 5.82 Å². The fourth-order valence-electron chi connectivity index (χ4n) is 1.96. The molecule has 20 heavy (non-hydrogen) atoms. The molecule has 0 aliphatic heterocycles. The SMILES string of the molecule is CCCNCC(C)=Cc1ccc(-c2ccc(F)cc2)s1. The van der Waals surface area contributed by atoms with Crippen LogP contribution in [0.4, 0.5) is 4.39 Å². The van der Waals surface area contributed by atoms with Crippen LogP contribution in [0, 0.1) is 5.82 Å². The Morgan fingerprint density at radius 2 is 1.95 bits per heavy atom. The van der Waals surface area contributed by atoms with Gasteiger partial charge in [0.25, 0.3) is 0 Å². The average molecular weight is 289 g/mol. The van der Waals surface area contributed by atoms with Crippen molar-refractivity contribution in [1.29, 1.82) is 0 Å². The molecule has 0 spiro atoms. The summed E-state index contributed by atoms with van der Waals surface area (Å²) in [7, 11) is 0. The number of halogens is 1. The van der Waals surface area contributed by atoms with Gasteiger partial charge in [-0.25, -0.2) is 4.39 Å². The maximum absolute atomic E-state index is 12.9. The molecule has 1 aromatic heterocycles. The van der Waals surface area contributed by atoms with Gasteiger partial charge in [-0.05, 0) is 55.8 Å². The van der Waals surface area contributed by atoms with E-state index in [9.17, 15) is 4.39 Å². The molecular formula is C17H20FNS. The molecule has 1 heterocycles. The van der Waals surface area contributed by atoms with Crippen molar-refractivity contribution in [2.24, 2.45) is 0 Å². The molecule has 0 saturated heterocycles. The van der Waals surface area contributed by atoms with E-state index in [0.717, 1.165) is 25.1 Å². The van der Waals surface area contributed by atoms with Crippen LogP contribution in [0.1, 0.15) is 25.1 Å². The highest BCUT2D eigenvalue weighted by Gasteiger charge is 2.02. The van der Waals surface area contributed by atoms with E-state index in [1.807, 2.05) is 12.1 Å². The van der Waals surface area contributed by atoms with Crippen LogP contribution in [-0.4, -0.2) is 13.1 Å². The molecule has 1 N–H and O–H groups in total. The largest absolute Gasteiger partial charge is 0.313 e. The highest BCUT2D eigenvalue weighted by molar-refractivity contribution is 7.16. The first kappa shape index (κ1) is 14.9. The van der Waals surface area contributed by atoms with Gasteiger partial charge < -0.3 is 5.32 Å². The van der Waals surface area contributed by atoms with E-state index < -0.39 is 0 Å². The van der Waals surface area contributed by atoms with E-state index in [1.54, 1.807) is 11.3 Å². The summed E-state index contributed by atoms with van der Waals surface area (Å²) in [6, 6.07) is 10.9. The molecule has 106 valence electrons. The lowest BCUT2D eigenvalue weighted by atomic mass is 10.2. The third-order valence-electron chi connectivity index (χ3n) is 2.97. The van der Waals surface area contributed by atoms with Crippen molar-refractivity contribution in [3.05, 3.63) is 52.7 Å². The van der Waals surface area contributed by atoms with Crippen molar-refractivity contribution in [3.63, 3.8) is 0 Å². The molecule has 1 nitrogen and oxygen atoms in total. The standard InChI is InChI=1S/C17H20FNS/c1-3-10-19-12-13(2)11-16-8-9-17(20-16)14-4-6-15(18)7-5-14/h4-9,11,19H,3,10,12H2,1-2H3. The molecule has 3 heteroatoms. The monoisotopic (exact) mass is 289 g/mol. The zero-order valence-electron chi connectivity index (χ0n) is 11.9. The molecule has 0 aliphatic carbocycles. The molecule has 1 aromatic carbocycles. The topological polar surface area (TPSA) is 12.0 Å². The van der Waals surface area contributed by atoms with Crippen molar-refractivity contribution in [1.82, 2.24) is 5.32 Å². The minimum Gasteiger partial charge on any atom is -0.313 e. The minimum absolute atomic E-state index is 0.191. The number of hydrogen-bond acceptors (Lipinski definition) is 2. The van der Waals surface area contributed by atoms with E-state index in [-0.39, 0.29) is 5.82 Å². The van der Waals surface area contributed by atoms with Crippen LogP contribution >= 0.6 is 11.3 Å². The first-order valence-electron chi connectivity index (χ1n) is 6.92. The Hall–Kier alpha value is -1.45. The molecule has 0 saturated carbocycles. The van der Waals surface area contributed by atoms with E-state index in [1.165, 1.54) is 27.5 Å². The fourth-order valence-corrected chi connectivity index (χ4v) is 3.00. The quantitative estimate of drug-likeness (QED) is 0.741. The molecular weight excluding hydrogens is 269 g/mol. The number of benzene rings is 1. The highest BCUT2D eigenvalue weighted by Crippen LogP contribution is 2.29. The Labute approximate surface area is 124 Å². The summed E-state index contributed by atoms with van der Waals surface area (Å²) in [4.78, 5) is 2.41. The van der Waals surface area contributed by atoms with Crippen molar-refractivity contribution >= 4 is 17.4 Å². The second-order valence-electron chi connectivity index (χ2n) is 4.88. The number of hydrogen-bond donors (Lipinski definition) is 1. The molecule has 2 rings (SSSR count). The van der Waals surface area contributed by atoms with Crippen LogP contribution in [0.5, 0.6) is 0 Å². The van der Waals surface area contributed by atoms with Crippen molar-refractivity contribution in [2.45, 2.75) is 20.3 Å². The second-order valence-corrected chi connectivity index (χ2v) is 5.99. The first-order chi connectivity index (χ1) is 9.69. The second kappa shape index (κ2) is 7.36. The van der Waals surface area contributed by atoms with Gasteiger partial charge in [-0.2, -0.15) is 0 Å². The number of rotatable bonds is 6. The zero-order chi connectivity index (χ0) is 14.4. The van der Waals surface area contributed by atoms with Crippen LogP contribution in [0.3, 0.4) is 0 Å². The van der Waals surface area contributed by atoms with Crippen molar-refractivity contribution in [2.75, 3.05) is 13.1 Å². The van der Waals surface area contributed by atoms with Crippen LogP contribution in [0.2, 0.25) is 0 Å². The molecule has 0 atom stereocenters. The Morgan fingerprint density at radius 1 is 1.20 bits per heavy atom. The predicted molar refractivity (Wildman–Crippen MR) is 86.5 cm³/mol. The summed E-state index contributed by atoms with van der Waals surface area (Å²) in [5.41, 5.74) is 2.39. The summed E-state index contributed by atoms with van der Waals surface area (Å²) < 4.78 is 12.9. The molecule has 0 amide bonds. The molecule has 0 aliphatic rings. The van der Waals surface area contributed by atoms with E-state index in [4.69, 9.17) is 0 Å². The van der Waals surface area contributed by atoms with Gasteiger partial charge in [0, 0.05) is 16.3 Å². The maximum Gasteiger partial charge on any atom is 0.123 e. The van der Waals surface area contributed by atoms with Crippen LogP contribution in [0.25, 0.3) is 16.5 Å². The lowest BCUT2D eigenvalue weighted by molar-refractivity contribution is 0.628. The normalized spacial score (nSPS) is 11.8. The van der Waals surface area contributed by atoms with E-state index in [2.05, 4.69) is 37.4 Å². The number of thiophene rings is 1. The van der Waals surface area contributed by atoms with Gasteiger partial charge >= 0.3 is 0 Å². The van der Waals surface area contributed by atoms with Crippen molar-refractivity contribution < 1.29 is 4.39 Å². The zero-order valence-corrected chi connectivity index (χ0v) is 12.8. The molecule has 0 unspecified atom stereocenters. The van der Waals surface area contributed by atoms with Crippen molar-refractivity contribution in [3.8, 4) is 10.4 Å². The highest BCUT2D eigenvalue weighted by atomic mass is 32.1. The summed E-state index contributed by atoms with van der Waals surface area (Å²) in [5, 5.41) is 3.39. The van der Waals surface area contributed by atoms with Crippen LogP contribution in [0.15, 0.2) is 42.0 Å². The first-order valence-corrected chi connectivity index (χ1v) is 7.74. The van der Waals surface area contributed by atoms with Gasteiger partial charge in [-0.15, -0.1) is 11.3 Å². The molecule has 0 fully saturated rings. The van der Waals surface area contributed by atoms with Gasteiger partial charge in [-0.3, -0.25) is 0 Å². The van der Waals surface area contributed by atoms with Gasteiger partial charge in [0.15, 0.2) is 0 Å². The maximum atomic E-state index is 12.9. The van der Waals surface area contributed by atoms with Crippen LogP contribution < -0.4 is 5.32 Å². The fraction of sp³-hybridized carbons (Fsp3) is 0.294. The Morgan fingerprint density at radius 3 is 2.65 bits per heavy atom. The Kier molecular flexibility index (Phi) is 5.50. The third-order valence-corrected chi connectivity index (χ3v) is 4.06. The summed E-state index contributed by atoms with van der Waals surface area (Å²) in [5.74, 6) is -0.191. The summed E-state index contributed by atoms with van der Waals surface area (Å²) in [6.45, 7) is 6.29. The van der Waals surface area contributed by atoms with E-state index >= 15 is 0 Å². The summed E-state index contributed by atoms with van der Waals surface area (Å²) >= 11 is 1.73. The Balaban J connectivity index is 2.05. The van der Waals surface area contributed by atoms with E-state index in [0.29, 0.717) is 0 Å². The number of nitrogens with one attached hydrogen (secondary N) is 1. The smallest absolute Gasteiger partial charge is 0.123 e. The lowest BCUT2D eigenvalue weighted by Gasteiger charge is -2.02. The van der Waals surface area contributed by atoms with Crippen LogP contribution in [-0.2, 0) is 0 Å². The molecule has 0 radical (unpaired) electrons. The molecule has 2 aromatic rings. The Bertz CT molecular complexity index is 569. The summed E-state index contributed by atoms with van der Waals surface area (Å²) in [6.07, 6.45) is 3.36. The van der Waals surface area contributed by atoms with Gasteiger partial charge in [-0.1, -0.05) is 24.6 Å². The average Bonchev–Trinajstić information content (AvgIpc) is 2.88.